The molecule has 0 spiro atoms. The van der Waals surface area contributed by atoms with Crippen LogP contribution in [-0.4, -0.2) is 5.91 Å². The summed E-state index contributed by atoms with van der Waals surface area (Å²) in [5, 5.41) is 1.95. The Hall–Kier alpha value is -2.09. The smallest absolute Gasteiger partial charge is 0.257 e. The Labute approximate surface area is 124 Å². The van der Waals surface area contributed by atoms with E-state index >= 15 is 0 Å². The van der Waals surface area contributed by atoms with Crippen molar-refractivity contribution in [3.8, 4) is 0 Å². The third kappa shape index (κ3) is 3.15. The lowest BCUT2D eigenvalue weighted by Crippen LogP contribution is -2.16. The van der Waals surface area contributed by atoms with E-state index in [0.29, 0.717) is 12.1 Å². The number of carbonyl (C=O) groups excluding carboxylic acids is 1. The Morgan fingerprint density at radius 2 is 1.57 bits per heavy atom. The van der Waals surface area contributed by atoms with Gasteiger partial charge in [0.05, 0.1) is 11.3 Å². The van der Waals surface area contributed by atoms with Crippen molar-refractivity contribution in [2.75, 3.05) is 11.1 Å². The number of rotatable bonds is 2. The monoisotopic (exact) mass is 362 g/mol. The number of nitrogens with one attached hydrogen (secondary N) is 1. The molecule has 2 rings (SSSR count). The van der Waals surface area contributed by atoms with Gasteiger partial charge in [-0.05, 0) is 28.1 Å². The Balaban J connectivity index is 2.37. The average molecular weight is 363 g/mol. The third-order valence-corrected chi connectivity index (χ3v) is 3.23. The maximum atomic E-state index is 13.4. The lowest BCUT2D eigenvalue weighted by Gasteiger charge is -2.10. The van der Waals surface area contributed by atoms with Crippen molar-refractivity contribution in [3.63, 3.8) is 0 Å². The van der Waals surface area contributed by atoms with E-state index in [1.165, 1.54) is 0 Å². The minimum absolute atomic E-state index is 0.0506. The topological polar surface area (TPSA) is 55.1 Å². The van der Waals surface area contributed by atoms with E-state index in [2.05, 4.69) is 15.9 Å². The zero-order chi connectivity index (χ0) is 15.7. The molecule has 3 nitrogen and oxygen atoms in total. The molecule has 0 atom stereocenters. The molecule has 0 unspecified atom stereocenters. The maximum Gasteiger partial charge on any atom is 0.257 e. The van der Waals surface area contributed by atoms with E-state index in [0.717, 1.165) is 12.1 Å². The Bertz CT molecular complexity index is 713. The number of carbonyl (C=O) groups is 1. The predicted molar refractivity (Wildman–Crippen MR) is 72.8 cm³/mol. The van der Waals surface area contributed by atoms with Gasteiger partial charge in [-0.1, -0.05) is 0 Å². The largest absolute Gasteiger partial charge is 0.396 e. The molecule has 0 heterocycles. The van der Waals surface area contributed by atoms with Gasteiger partial charge in [-0.15, -0.1) is 0 Å². The molecule has 0 aromatic heterocycles. The predicted octanol–water partition coefficient (Wildman–Crippen LogP) is 3.84. The number of hydrogen-bond acceptors (Lipinski definition) is 2. The number of nitrogens with two attached hydrogens (primary N) is 1. The van der Waals surface area contributed by atoms with Gasteiger partial charge >= 0.3 is 0 Å². The van der Waals surface area contributed by atoms with Crippen LogP contribution in [0.1, 0.15) is 10.4 Å². The summed E-state index contributed by atoms with van der Waals surface area (Å²) in [4.78, 5) is 11.9. The maximum absolute atomic E-state index is 13.4. The van der Waals surface area contributed by atoms with Gasteiger partial charge in [0.2, 0.25) is 0 Å². The minimum Gasteiger partial charge on any atom is -0.396 e. The van der Waals surface area contributed by atoms with Crippen LogP contribution in [-0.2, 0) is 0 Å². The van der Waals surface area contributed by atoms with Crippen molar-refractivity contribution in [3.05, 3.63) is 57.6 Å². The van der Waals surface area contributed by atoms with Crippen LogP contribution in [0.25, 0.3) is 0 Å². The summed E-state index contributed by atoms with van der Waals surface area (Å²) >= 11 is 2.94. The first-order chi connectivity index (χ1) is 9.79. The van der Waals surface area contributed by atoms with Gasteiger partial charge in [-0.2, -0.15) is 0 Å². The van der Waals surface area contributed by atoms with Gasteiger partial charge < -0.3 is 11.1 Å². The first kappa shape index (κ1) is 15.3. The van der Waals surface area contributed by atoms with Crippen molar-refractivity contribution >= 4 is 33.2 Å². The molecule has 0 fully saturated rings. The summed E-state index contributed by atoms with van der Waals surface area (Å²) in [6.07, 6.45) is 0. The second-order valence-corrected chi connectivity index (χ2v) is 4.91. The van der Waals surface area contributed by atoms with Gasteiger partial charge in [0, 0.05) is 16.6 Å². The number of benzene rings is 2. The highest BCUT2D eigenvalue weighted by molar-refractivity contribution is 9.10. The van der Waals surface area contributed by atoms with Crippen LogP contribution < -0.4 is 11.1 Å². The molecule has 0 radical (unpaired) electrons. The van der Waals surface area contributed by atoms with Crippen LogP contribution >= 0.6 is 15.9 Å². The molecule has 2 aromatic rings. The summed E-state index contributed by atoms with van der Waals surface area (Å²) < 4.78 is 52.9. The van der Waals surface area contributed by atoms with Gasteiger partial charge in [0.25, 0.3) is 5.91 Å². The fourth-order valence-electron chi connectivity index (χ4n) is 1.58. The van der Waals surface area contributed by atoms with Gasteiger partial charge in [-0.25, -0.2) is 17.6 Å². The normalized spacial score (nSPS) is 10.5. The molecule has 3 N–H and O–H groups in total. The van der Waals surface area contributed by atoms with E-state index in [9.17, 15) is 22.4 Å². The van der Waals surface area contributed by atoms with E-state index in [1.807, 2.05) is 5.32 Å². The molecule has 0 saturated heterocycles. The van der Waals surface area contributed by atoms with Crippen molar-refractivity contribution in [1.29, 1.82) is 0 Å². The van der Waals surface area contributed by atoms with Gasteiger partial charge in [-0.3, -0.25) is 4.79 Å². The van der Waals surface area contributed by atoms with E-state index < -0.39 is 34.9 Å². The summed E-state index contributed by atoms with van der Waals surface area (Å²) in [5.74, 6) is -5.34. The summed E-state index contributed by atoms with van der Waals surface area (Å²) in [5.41, 5.74) is 4.09. The number of amides is 1. The standard InChI is InChI=1S/C13H7BrF4N2O/c14-7-4-8(16)11(19)3-6(7)13(21)20-12-9(17)1-5(15)2-10(12)18/h1-4H,19H2,(H,20,21). The van der Waals surface area contributed by atoms with E-state index in [4.69, 9.17) is 5.73 Å². The van der Waals surface area contributed by atoms with Crippen molar-refractivity contribution in [2.24, 2.45) is 0 Å². The molecule has 0 aliphatic carbocycles. The van der Waals surface area contributed by atoms with Crippen molar-refractivity contribution < 1.29 is 22.4 Å². The molecule has 21 heavy (non-hydrogen) atoms. The van der Waals surface area contributed by atoms with Crippen molar-refractivity contribution in [1.82, 2.24) is 0 Å². The first-order valence-corrected chi connectivity index (χ1v) is 6.29. The summed E-state index contributed by atoms with van der Waals surface area (Å²) in [6, 6.07) is 2.80. The molecular weight excluding hydrogens is 356 g/mol. The first-order valence-electron chi connectivity index (χ1n) is 5.50. The zero-order valence-corrected chi connectivity index (χ0v) is 11.8. The lowest BCUT2D eigenvalue weighted by molar-refractivity contribution is 0.102. The van der Waals surface area contributed by atoms with Gasteiger partial charge in [0.1, 0.15) is 17.3 Å². The number of halogens is 5. The fourth-order valence-corrected chi connectivity index (χ4v) is 2.08. The zero-order valence-electron chi connectivity index (χ0n) is 10.2. The highest BCUT2D eigenvalue weighted by Gasteiger charge is 2.18. The highest BCUT2D eigenvalue weighted by Crippen LogP contribution is 2.25. The molecular formula is C13H7BrF4N2O. The Morgan fingerprint density at radius 3 is 2.14 bits per heavy atom. The molecule has 0 bridgehead atoms. The molecule has 0 saturated carbocycles. The van der Waals surface area contributed by atoms with Crippen LogP contribution in [0.4, 0.5) is 28.9 Å². The Kier molecular flexibility index (Phi) is 4.17. The van der Waals surface area contributed by atoms with Crippen LogP contribution in [0.3, 0.4) is 0 Å². The second-order valence-electron chi connectivity index (χ2n) is 4.05. The second kappa shape index (κ2) is 5.72. The fraction of sp³-hybridized carbons (Fsp3) is 0. The molecule has 0 aliphatic rings. The highest BCUT2D eigenvalue weighted by atomic mass is 79.9. The average Bonchev–Trinajstić information content (AvgIpc) is 2.37. The third-order valence-electron chi connectivity index (χ3n) is 2.58. The van der Waals surface area contributed by atoms with Crippen LogP contribution in [0, 0.1) is 23.3 Å². The number of hydrogen-bond donors (Lipinski definition) is 2. The quantitative estimate of drug-likeness (QED) is 0.629. The molecule has 0 aliphatic heterocycles. The Morgan fingerprint density at radius 1 is 1.00 bits per heavy atom. The molecule has 8 heteroatoms. The van der Waals surface area contributed by atoms with Crippen molar-refractivity contribution in [2.45, 2.75) is 0 Å². The minimum atomic E-state index is -1.27. The summed E-state index contributed by atoms with van der Waals surface area (Å²) in [7, 11) is 0. The van der Waals surface area contributed by atoms with Crippen LogP contribution in [0.15, 0.2) is 28.7 Å². The van der Waals surface area contributed by atoms with Crippen LogP contribution in [0.5, 0.6) is 0 Å². The van der Waals surface area contributed by atoms with E-state index in [-0.39, 0.29) is 15.7 Å². The molecule has 1 amide bonds. The molecule has 110 valence electrons. The number of anilines is 2. The SMILES string of the molecule is Nc1cc(C(=O)Nc2c(F)cc(F)cc2F)c(Br)cc1F. The lowest BCUT2D eigenvalue weighted by atomic mass is 10.1. The van der Waals surface area contributed by atoms with Gasteiger partial charge in [0.15, 0.2) is 11.6 Å². The van der Waals surface area contributed by atoms with Crippen LogP contribution in [0.2, 0.25) is 0 Å². The molecule has 2 aromatic carbocycles. The number of nitrogen functional groups attached to an aromatic ring is 1. The summed E-state index contributed by atoms with van der Waals surface area (Å²) in [6.45, 7) is 0. The van der Waals surface area contributed by atoms with E-state index in [1.54, 1.807) is 0 Å².